The van der Waals surface area contributed by atoms with Gasteiger partial charge in [0.15, 0.2) is 0 Å². The summed E-state index contributed by atoms with van der Waals surface area (Å²) < 4.78 is 18.5. The van der Waals surface area contributed by atoms with Crippen molar-refractivity contribution in [3.05, 3.63) is 59.9 Å². The molecule has 0 aromatic heterocycles. The zero-order valence-electron chi connectivity index (χ0n) is 12.7. The van der Waals surface area contributed by atoms with Crippen LogP contribution in [0.5, 0.6) is 0 Å². The Bertz CT molecular complexity index is 711. The Hall–Kier alpha value is -2.20. The number of ether oxygens (including phenoxy) is 1. The van der Waals surface area contributed by atoms with E-state index >= 15 is 0 Å². The van der Waals surface area contributed by atoms with E-state index in [1.165, 1.54) is 12.1 Å². The Morgan fingerprint density at radius 1 is 1.04 bits per heavy atom. The van der Waals surface area contributed by atoms with Gasteiger partial charge in [0.1, 0.15) is 5.82 Å². The van der Waals surface area contributed by atoms with Gasteiger partial charge in [-0.2, -0.15) is 0 Å². The van der Waals surface area contributed by atoms with Crippen LogP contribution in [-0.4, -0.2) is 24.7 Å². The van der Waals surface area contributed by atoms with Gasteiger partial charge in [-0.3, -0.25) is 4.79 Å². The molecule has 2 aliphatic rings. The summed E-state index contributed by atoms with van der Waals surface area (Å²) in [5, 5.41) is 3.10. The molecule has 118 valence electrons. The molecule has 2 fully saturated rings. The minimum atomic E-state index is -0.251. The van der Waals surface area contributed by atoms with E-state index in [1.54, 1.807) is 12.1 Å². The lowest BCUT2D eigenvalue weighted by molar-refractivity contribution is 0.00810. The van der Waals surface area contributed by atoms with E-state index in [2.05, 4.69) is 5.32 Å². The molecule has 4 rings (SSSR count). The highest BCUT2D eigenvalue weighted by molar-refractivity contribution is 5.95. The lowest BCUT2D eigenvalue weighted by atomic mass is 9.76. The van der Waals surface area contributed by atoms with Crippen molar-refractivity contribution in [1.82, 2.24) is 5.32 Å². The van der Waals surface area contributed by atoms with Gasteiger partial charge in [-0.1, -0.05) is 24.3 Å². The van der Waals surface area contributed by atoms with Crippen LogP contribution >= 0.6 is 0 Å². The minimum Gasteiger partial charge on any atom is -0.378 e. The van der Waals surface area contributed by atoms with E-state index in [-0.39, 0.29) is 17.8 Å². The van der Waals surface area contributed by atoms with Gasteiger partial charge in [0.2, 0.25) is 0 Å². The number of fused-ring (bicyclic) bond motifs is 1. The van der Waals surface area contributed by atoms with Crippen LogP contribution in [-0.2, 0) is 4.74 Å². The SMILES string of the molecule is O=C(N[C@H]1C[C@@H]2OCC[C@H]12)c1ccc(-c2ccc(F)cc2)cc1. The molecule has 0 spiro atoms. The third-order valence-corrected chi connectivity index (χ3v) is 4.90. The maximum Gasteiger partial charge on any atom is 0.251 e. The standard InChI is InChI=1S/C19H18FNO2/c20-15-7-5-13(6-8-15)12-1-3-14(4-2-12)19(22)21-17-11-18-16(17)9-10-23-18/h1-8,16-18H,9-11H2,(H,21,22)/t16-,17+,18+/m1/s1. The third kappa shape index (κ3) is 2.75. The Morgan fingerprint density at radius 2 is 1.70 bits per heavy atom. The summed E-state index contributed by atoms with van der Waals surface area (Å²) in [5.41, 5.74) is 2.55. The van der Waals surface area contributed by atoms with Gasteiger partial charge < -0.3 is 10.1 Å². The highest BCUT2D eigenvalue weighted by Crippen LogP contribution is 2.38. The fourth-order valence-corrected chi connectivity index (χ4v) is 3.47. The molecule has 4 heteroatoms. The van der Waals surface area contributed by atoms with Gasteiger partial charge in [0, 0.05) is 24.1 Å². The van der Waals surface area contributed by atoms with Crippen molar-refractivity contribution in [3.8, 4) is 11.1 Å². The van der Waals surface area contributed by atoms with Gasteiger partial charge in [-0.05, 0) is 48.2 Å². The molecule has 1 amide bonds. The second kappa shape index (κ2) is 5.78. The molecule has 0 unspecified atom stereocenters. The number of rotatable bonds is 3. The molecule has 3 atom stereocenters. The lowest BCUT2D eigenvalue weighted by Crippen LogP contribution is -2.53. The first kappa shape index (κ1) is 14.4. The van der Waals surface area contributed by atoms with Crippen LogP contribution < -0.4 is 5.32 Å². The van der Waals surface area contributed by atoms with E-state index in [0.29, 0.717) is 17.6 Å². The number of nitrogens with one attached hydrogen (secondary N) is 1. The van der Waals surface area contributed by atoms with E-state index in [1.807, 2.05) is 24.3 Å². The van der Waals surface area contributed by atoms with Crippen LogP contribution in [0.2, 0.25) is 0 Å². The van der Waals surface area contributed by atoms with Crippen molar-refractivity contribution in [2.24, 2.45) is 5.92 Å². The summed E-state index contributed by atoms with van der Waals surface area (Å²) >= 11 is 0. The Kier molecular flexibility index (Phi) is 3.62. The fourth-order valence-electron chi connectivity index (χ4n) is 3.47. The highest BCUT2D eigenvalue weighted by Gasteiger charge is 2.45. The number of halogens is 1. The second-order valence-electron chi connectivity index (χ2n) is 6.26. The van der Waals surface area contributed by atoms with Crippen molar-refractivity contribution in [3.63, 3.8) is 0 Å². The first-order chi connectivity index (χ1) is 11.2. The Balaban J connectivity index is 1.43. The van der Waals surface area contributed by atoms with Crippen molar-refractivity contribution in [1.29, 1.82) is 0 Å². The number of amides is 1. The third-order valence-electron chi connectivity index (χ3n) is 4.90. The van der Waals surface area contributed by atoms with Crippen molar-refractivity contribution in [2.45, 2.75) is 25.0 Å². The number of carbonyl (C=O) groups excluding carboxylic acids is 1. The molecule has 1 aliphatic heterocycles. The highest BCUT2D eigenvalue weighted by atomic mass is 19.1. The predicted octanol–water partition coefficient (Wildman–Crippen LogP) is 3.40. The van der Waals surface area contributed by atoms with Crippen LogP contribution in [0.25, 0.3) is 11.1 Å². The average Bonchev–Trinajstić information content (AvgIpc) is 2.94. The monoisotopic (exact) mass is 311 g/mol. The number of hydrogen-bond donors (Lipinski definition) is 1. The smallest absolute Gasteiger partial charge is 0.251 e. The molecular formula is C19H18FNO2. The van der Waals surface area contributed by atoms with Gasteiger partial charge in [-0.25, -0.2) is 4.39 Å². The lowest BCUT2D eigenvalue weighted by Gasteiger charge is -2.39. The quantitative estimate of drug-likeness (QED) is 0.943. The maximum atomic E-state index is 13.0. The summed E-state index contributed by atoms with van der Waals surface area (Å²) in [7, 11) is 0. The van der Waals surface area contributed by atoms with E-state index in [0.717, 1.165) is 30.6 Å². The van der Waals surface area contributed by atoms with Gasteiger partial charge in [0.05, 0.1) is 6.10 Å². The minimum absolute atomic E-state index is 0.0361. The van der Waals surface area contributed by atoms with Gasteiger partial charge in [-0.15, -0.1) is 0 Å². The predicted molar refractivity (Wildman–Crippen MR) is 85.6 cm³/mol. The van der Waals surface area contributed by atoms with Crippen LogP contribution in [0.4, 0.5) is 4.39 Å². The van der Waals surface area contributed by atoms with Crippen molar-refractivity contribution in [2.75, 3.05) is 6.61 Å². The summed E-state index contributed by atoms with van der Waals surface area (Å²) in [4.78, 5) is 12.3. The molecule has 1 heterocycles. The van der Waals surface area contributed by atoms with Crippen LogP contribution in [0, 0.1) is 11.7 Å². The van der Waals surface area contributed by atoms with Gasteiger partial charge in [0.25, 0.3) is 5.91 Å². The first-order valence-electron chi connectivity index (χ1n) is 7.99. The number of benzene rings is 2. The normalized spacial score (nSPS) is 25.5. The second-order valence-corrected chi connectivity index (χ2v) is 6.26. The van der Waals surface area contributed by atoms with Crippen LogP contribution in [0.15, 0.2) is 48.5 Å². The fraction of sp³-hybridized carbons (Fsp3) is 0.316. The molecule has 3 nitrogen and oxygen atoms in total. The summed E-state index contributed by atoms with van der Waals surface area (Å²) in [6, 6.07) is 14.0. The largest absolute Gasteiger partial charge is 0.378 e. The molecule has 1 N–H and O–H groups in total. The van der Waals surface area contributed by atoms with E-state index < -0.39 is 0 Å². The van der Waals surface area contributed by atoms with Crippen molar-refractivity contribution < 1.29 is 13.9 Å². The van der Waals surface area contributed by atoms with Gasteiger partial charge >= 0.3 is 0 Å². The zero-order valence-corrected chi connectivity index (χ0v) is 12.7. The maximum absolute atomic E-state index is 13.0. The molecule has 2 aromatic carbocycles. The molecule has 2 aromatic rings. The molecule has 0 radical (unpaired) electrons. The van der Waals surface area contributed by atoms with Crippen molar-refractivity contribution >= 4 is 5.91 Å². The first-order valence-corrected chi connectivity index (χ1v) is 7.99. The van der Waals surface area contributed by atoms with E-state index in [4.69, 9.17) is 4.74 Å². The van der Waals surface area contributed by atoms with Crippen LogP contribution in [0.3, 0.4) is 0 Å². The van der Waals surface area contributed by atoms with E-state index in [9.17, 15) is 9.18 Å². The average molecular weight is 311 g/mol. The Labute approximate surface area is 134 Å². The Morgan fingerprint density at radius 3 is 2.35 bits per heavy atom. The zero-order chi connectivity index (χ0) is 15.8. The number of hydrogen-bond acceptors (Lipinski definition) is 2. The number of carbonyl (C=O) groups is 1. The molecule has 1 saturated heterocycles. The van der Waals surface area contributed by atoms with Crippen LogP contribution in [0.1, 0.15) is 23.2 Å². The summed E-state index contributed by atoms with van der Waals surface area (Å²) in [5.74, 6) is 0.197. The molecular weight excluding hydrogens is 293 g/mol. The summed E-state index contributed by atoms with van der Waals surface area (Å²) in [6.45, 7) is 0.814. The molecule has 23 heavy (non-hydrogen) atoms. The molecule has 0 bridgehead atoms. The molecule has 1 saturated carbocycles. The summed E-state index contributed by atoms with van der Waals surface area (Å²) in [6.07, 6.45) is 2.31. The topological polar surface area (TPSA) is 38.3 Å². The molecule has 1 aliphatic carbocycles.